The van der Waals surface area contributed by atoms with Crippen LogP contribution in [0.4, 0.5) is 0 Å². The molecule has 3 aromatic carbocycles. The van der Waals surface area contributed by atoms with Crippen LogP contribution in [0.2, 0.25) is 0 Å². The van der Waals surface area contributed by atoms with E-state index in [1.807, 2.05) is 18.2 Å². The van der Waals surface area contributed by atoms with E-state index in [0.717, 1.165) is 51.8 Å². The third-order valence-corrected chi connectivity index (χ3v) is 6.05. The number of aromatic nitrogens is 2. The predicted molar refractivity (Wildman–Crippen MR) is 119 cm³/mol. The Morgan fingerprint density at radius 3 is 2.80 bits per heavy atom. The molecule has 152 valence electrons. The zero-order valence-electron chi connectivity index (χ0n) is 16.9. The van der Waals surface area contributed by atoms with Gasteiger partial charge in [-0.1, -0.05) is 18.2 Å². The number of amides is 1. The first-order chi connectivity index (χ1) is 14.6. The van der Waals surface area contributed by atoms with Gasteiger partial charge >= 0.3 is 0 Å². The van der Waals surface area contributed by atoms with Gasteiger partial charge in [0, 0.05) is 22.6 Å². The first-order valence-corrected chi connectivity index (χ1v) is 10.2. The predicted octanol–water partition coefficient (Wildman–Crippen LogP) is 3.96. The summed E-state index contributed by atoms with van der Waals surface area (Å²) in [7, 11) is 2.16. The molecule has 0 aliphatic carbocycles. The van der Waals surface area contributed by atoms with E-state index in [1.165, 1.54) is 12.8 Å². The minimum absolute atomic E-state index is 0.445. The van der Waals surface area contributed by atoms with Crippen LogP contribution in [0.5, 0.6) is 5.75 Å². The van der Waals surface area contributed by atoms with Gasteiger partial charge in [-0.25, -0.2) is 0 Å². The van der Waals surface area contributed by atoms with Gasteiger partial charge < -0.3 is 15.4 Å². The van der Waals surface area contributed by atoms with Crippen molar-refractivity contribution in [2.24, 2.45) is 5.73 Å². The molecule has 1 aliphatic rings. The minimum atomic E-state index is -0.445. The van der Waals surface area contributed by atoms with Crippen molar-refractivity contribution in [1.29, 1.82) is 0 Å². The van der Waals surface area contributed by atoms with Gasteiger partial charge in [0.25, 0.3) is 0 Å². The van der Waals surface area contributed by atoms with Crippen LogP contribution in [0.25, 0.3) is 32.9 Å². The summed E-state index contributed by atoms with van der Waals surface area (Å²) in [6, 6.07) is 18.2. The SMILES string of the molecule is CN1CCC[C@H]1COc1ccc2cc(-c3n[nH]c4ccc(C(N)=O)cc34)ccc2c1. The molecule has 6 heteroatoms. The number of hydrogen-bond donors (Lipinski definition) is 2. The van der Waals surface area contributed by atoms with Crippen molar-refractivity contribution in [3.8, 4) is 17.0 Å². The van der Waals surface area contributed by atoms with Gasteiger partial charge in [-0.3, -0.25) is 9.89 Å². The Morgan fingerprint density at radius 2 is 2.00 bits per heavy atom. The maximum Gasteiger partial charge on any atom is 0.248 e. The average Bonchev–Trinajstić information content (AvgIpc) is 3.37. The highest BCUT2D eigenvalue weighted by molar-refractivity contribution is 6.01. The van der Waals surface area contributed by atoms with E-state index < -0.39 is 5.91 Å². The van der Waals surface area contributed by atoms with Gasteiger partial charge in [0.1, 0.15) is 12.4 Å². The smallest absolute Gasteiger partial charge is 0.248 e. The monoisotopic (exact) mass is 400 g/mol. The van der Waals surface area contributed by atoms with E-state index in [-0.39, 0.29) is 0 Å². The van der Waals surface area contributed by atoms with Crippen molar-refractivity contribution in [2.45, 2.75) is 18.9 Å². The van der Waals surface area contributed by atoms with Gasteiger partial charge in [-0.05, 0) is 73.6 Å². The molecular weight excluding hydrogens is 376 g/mol. The summed E-state index contributed by atoms with van der Waals surface area (Å²) in [5.41, 5.74) is 8.57. The van der Waals surface area contributed by atoms with Crippen LogP contribution in [0.3, 0.4) is 0 Å². The molecule has 0 spiro atoms. The standard InChI is InChI=1S/C24H24N4O2/c1-28-10-2-3-19(28)14-30-20-8-6-15-11-17(5-4-16(15)12-20)23-21-13-18(24(25)29)7-9-22(21)26-27-23/h4-9,11-13,19H,2-3,10,14H2,1H3,(H2,25,29)(H,26,27)/t19-/m0/s1. The number of benzene rings is 3. The number of rotatable bonds is 5. The van der Waals surface area contributed by atoms with Gasteiger partial charge in [0.2, 0.25) is 5.91 Å². The maximum atomic E-state index is 11.6. The molecule has 1 aliphatic heterocycles. The summed E-state index contributed by atoms with van der Waals surface area (Å²) in [5, 5.41) is 10.6. The summed E-state index contributed by atoms with van der Waals surface area (Å²) >= 11 is 0. The molecule has 6 nitrogen and oxygen atoms in total. The fourth-order valence-corrected chi connectivity index (χ4v) is 4.23. The van der Waals surface area contributed by atoms with Crippen LogP contribution in [-0.4, -0.2) is 47.2 Å². The Labute approximate surface area is 174 Å². The van der Waals surface area contributed by atoms with Crippen molar-refractivity contribution < 1.29 is 9.53 Å². The zero-order valence-corrected chi connectivity index (χ0v) is 16.9. The number of carbonyl (C=O) groups excluding carboxylic acids is 1. The minimum Gasteiger partial charge on any atom is -0.492 e. The summed E-state index contributed by atoms with van der Waals surface area (Å²) in [6.45, 7) is 1.87. The van der Waals surface area contributed by atoms with Crippen LogP contribution < -0.4 is 10.5 Å². The van der Waals surface area contributed by atoms with Crippen molar-refractivity contribution >= 4 is 27.6 Å². The van der Waals surface area contributed by atoms with Gasteiger partial charge in [-0.2, -0.15) is 5.10 Å². The lowest BCUT2D eigenvalue weighted by molar-refractivity contribution is 0.100. The third-order valence-electron chi connectivity index (χ3n) is 6.05. The van der Waals surface area contributed by atoms with Crippen LogP contribution in [0.1, 0.15) is 23.2 Å². The molecule has 3 N–H and O–H groups in total. The van der Waals surface area contributed by atoms with Crippen LogP contribution >= 0.6 is 0 Å². The van der Waals surface area contributed by atoms with Crippen LogP contribution in [0.15, 0.2) is 54.6 Å². The Balaban J connectivity index is 1.43. The van der Waals surface area contributed by atoms with Crippen LogP contribution in [0, 0.1) is 0 Å². The van der Waals surface area contributed by atoms with Crippen molar-refractivity contribution in [3.63, 3.8) is 0 Å². The Hall–Kier alpha value is -3.38. The zero-order chi connectivity index (χ0) is 20.7. The number of H-pyrrole nitrogens is 1. The fourth-order valence-electron chi connectivity index (χ4n) is 4.23. The summed E-state index contributed by atoms with van der Waals surface area (Å²) in [5.74, 6) is 0.450. The first-order valence-electron chi connectivity index (χ1n) is 10.2. The molecule has 1 fully saturated rings. The number of primary amides is 1. The number of fused-ring (bicyclic) bond motifs is 2. The molecule has 0 radical (unpaired) electrons. The van der Waals surface area contributed by atoms with E-state index in [2.05, 4.69) is 46.4 Å². The van der Waals surface area contributed by atoms with E-state index in [9.17, 15) is 4.79 Å². The summed E-state index contributed by atoms with van der Waals surface area (Å²) < 4.78 is 6.06. The van der Waals surface area contributed by atoms with E-state index >= 15 is 0 Å². The number of likely N-dealkylation sites (N-methyl/N-ethyl adjacent to an activating group) is 1. The molecule has 4 aromatic rings. The van der Waals surface area contributed by atoms with E-state index in [0.29, 0.717) is 11.6 Å². The Bertz CT molecular complexity index is 1250. The number of carbonyl (C=O) groups is 1. The van der Waals surface area contributed by atoms with E-state index in [1.54, 1.807) is 12.1 Å². The van der Waals surface area contributed by atoms with Gasteiger partial charge in [0.15, 0.2) is 0 Å². The molecule has 1 amide bonds. The number of nitrogens with zero attached hydrogens (tertiary/aromatic N) is 2. The molecule has 0 bridgehead atoms. The average molecular weight is 400 g/mol. The number of nitrogens with one attached hydrogen (secondary N) is 1. The van der Waals surface area contributed by atoms with Gasteiger partial charge in [-0.15, -0.1) is 0 Å². The molecule has 30 heavy (non-hydrogen) atoms. The second-order valence-corrected chi connectivity index (χ2v) is 8.01. The van der Waals surface area contributed by atoms with Gasteiger partial charge in [0.05, 0.1) is 11.2 Å². The lowest BCUT2D eigenvalue weighted by atomic mass is 10.0. The molecule has 1 atom stereocenters. The molecule has 0 saturated carbocycles. The Morgan fingerprint density at radius 1 is 1.17 bits per heavy atom. The third kappa shape index (κ3) is 3.39. The maximum absolute atomic E-state index is 11.6. The lowest BCUT2D eigenvalue weighted by Crippen LogP contribution is -2.30. The highest BCUT2D eigenvalue weighted by atomic mass is 16.5. The highest BCUT2D eigenvalue weighted by Gasteiger charge is 2.21. The molecule has 1 aromatic heterocycles. The van der Waals surface area contributed by atoms with Crippen LogP contribution in [-0.2, 0) is 0 Å². The molecular formula is C24H24N4O2. The summed E-state index contributed by atoms with van der Waals surface area (Å²) in [6.07, 6.45) is 2.44. The first kappa shape index (κ1) is 18.6. The normalized spacial score (nSPS) is 17.0. The second kappa shape index (κ2) is 7.46. The quantitative estimate of drug-likeness (QED) is 0.531. The van der Waals surface area contributed by atoms with Crippen molar-refractivity contribution in [3.05, 3.63) is 60.2 Å². The molecule has 0 unspecified atom stereocenters. The lowest BCUT2D eigenvalue weighted by Gasteiger charge is -2.19. The number of ether oxygens (including phenoxy) is 1. The van der Waals surface area contributed by atoms with E-state index in [4.69, 9.17) is 10.5 Å². The molecule has 2 heterocycles. The van der Waals surface area contributed by atoms with Crippen molar-refractivity contribution in [1.82, 2.24) is 15.1 Å². The Kier molecular flexibility index (Phi) is 4.64. The number of nitrogens with two attached hydrogens (primary N) is 1. The second-order valence-electron chi connectivity index (χ2n) is 8.01. The highest BCUT2D eigenvalue weighted by Crippen LogP contribution is 2.31. The number of hydrogen-bond acceptors (Lipinski definition) is 4. The number of aromatic amines is 1. The van der Waals surface area contributed by atoms with Crippen molar-refractivity contribution in [2.75, 3.05) is 20.2 Å². The summed E-state index contributed by atoms with van der Waals surface area (Å²) in [4.78, 5) is 13.9. The largest absolute Gasteiger partial charge is 0.492 e. The molecule has 5 rings (SSSR count). The fraction of sp³-hybridized carbons (Fsp3) is 0.250. The topological polar surface area (TPSA) is 84.2 Å². The molecule has 1 saturated heterocycles. The number of likely N-dealkylation sites (tertiary alicyclic amines) is 1.